The summed E-state index contributed by atoms with van der Waals surface area (Å²) in [5.41, 5.74) is 14.6. The van der Waals surface area contributed by atoms with Crippen LogP contribution in [0.5, 0.6) is 0 Å². The van der Waals surface area contributed by atoms with Gasteiger partial charge in [-0.3, -0.25) is 9.78 Å². The molecule has 0 aliphatic heterocycles. The number of hydrogen-bond donors (Lipinski definition) is 4. The molecule has 24 heavy (non-hydrogen) atoms. The highest BCUT2D eigenvalue weighted by molar-refractivity contribution is 6.04. The summed E-state index contributed by atoms with van der Waals surface area (Å²) in [6.45, 7) is 3.73. The van der Waals surface area contributed by atoms with Crippen LogP contribution in [-0.2, 0) is 0 Å². The summed E-state index contributed by atoms with van der Waals surface area (Å²) < 4.78 is 13.7. The zero-order chi connectivity index (χ0) is 17.6. The maximum absolute atomic E-state index is 13.7. The van der Waals surface area contributed by atoms with Gasteiger partial charge in [0.15, 0.2) is 0 Å². The SMILES string of the molecule is Cc1cc2[nH]c(=O)c(N)c(-c3ccc(F)c(N)c3C=N)c2nc1C. The third-order valence-electron chi connectivity index (χ3n) is 4.11. The van der Waals surface area contributed by atoms with E-state index in [9.17, 15) is 9.18 Å². The summed E-state index contributed by atoms with van der Waals surface area (Å²) in [6, 6.07) is 4.44. The van der Waals surface area contributed by atoms with E-state index in [0.717, 1.165) is 17.5 Å². The van der Waals surface area contributed by atoms with Crippen molar-refractivity contribution in [1.29, 1.82) is 5.41 Å². The van der Waals surface area contributed by atoms with E-state index in [4.69, 9.17) is 16.9 Å². The Balaban J connectivity index is 2.53. The average Bonchev–Trinajstić information content (AvgIpc) is 2.54. The molecule has 0 saturated carbocycles. The molecule has 0 aliphatic rings. The summed E-state index contributed by atoms with van der Waals surface area (Å²) in [5.74, 6) is -0.634. The first-order valence-corrected chi connectivity index (χ1v) is 7.23. The standard InChI is InChI=1S/C17H16FN5O/c1-7-5-12-16(22-8(7)2)13(15(21)17(24)23-12)9-3-4-11(18)14(20)10(9)6-19/h3-6,19H,20-21H2,1-2H3,(H,23,24). The molecule has 7 heteroatoms. The van der Waals surface area contributed by atoms with Crippen molar-refractivity contribution in [1.82, 2.24) is 9.97 Å². The monoisotopic (exact) mass is 325 g/mol. The third-order valence-corrected chi connectivity index (χ3v) is 4.11. The number of anilines is 2. The van der Waals surface area contributed by atoms with Gasteiger partial charge in [-0.1, -0.05) is 6.07 Å². The lowest BCUT2D eigenvalue weighted by molar-refractivity contribution is 0.632. The molecule has 0 atom stereocenters. The number of nitrogens with two attached hydrogens (primary N) is 2. The molecule has 1 aromatic carbocycles. The number of nitrogens with one attached hydrogen (secondary N) is 2. The normalized spacial score (nSPS) is 11.0. The molecule has 6 N–H and O–H groups in total. The fourth-order valence-corrected chi connectivity index (χ4v) is 2.68. The fraction of sp³-hybridized carbons (Fsp3) is 0.118. The summed E-state index contributed by atoms with van der Waals surface area (Å²) in [6.07, 6.45) is 0.946. The Kier molecular flexibility index (Phi) is 3.56. The van der Waals surface area contributed by atoms with Crippen molar-refractivity contribution in [2.24, 2.45) is 0 Å². The van der Waals surface area contributed by atoms with E-state index >= 15 is 0 Å². The molecule has 3 aromatic rings. The zero-order valence-electron chi connectivity index (χ0n) is 13.2. The van der Waals surface area contributed by atoms with Crippen LogP contribution in [-0.4, -0.2) is 16.2 Å². The Labute approximate surface area is 136 Å². The summed E-state index contributed by atoms with van der Waals surface area (Å²) in [7, 11) is 0. The number of fused-ring (bicyclic) bond motifs is 1. The van der Waals surface area contributed by atoms with Crippen LogP contribution in [0.1, 0.15) is 16.8 Å². The van der Waals surface area contributed by atoms with Crippen LogP contribution in [0.4, 0.5) is 15.8 Å². The molecule has 0 aliphatic carbocycles. The van der Waals surface area contributed by atoms with Crippen LogP contribution in [0.25, 0.3) is 22.2 Å². The van der Waals surface area contributed by atoms with E-state index in [1.165, 1.54) is 12.1 Å². The van der Waals surface area contributed by atoms with E-state index < -0.39 is 11.4 Å². The van der Waals surface area contributed by atoms with Crippen LogP contribution in [0, 0.1) is 25.1 Å². The molecular weight excluding hydrogens is 309 g/mol. The lowest BCUT2D eigenvalue weighted by Crippen LogP contribution is -2.15. The van der Waals surface area contributed by atoms with Crippen molar-refractivity contribution >= 4 is 28.6 Å². The molecule has 0 fully saturated rings. The number of halogens is 1. The lowest BCUT2D eigenvalue weighted by Gasteiger charge is -2.14. The predicted molar refractivity (Wildman–Crippen MR) is 93.9 cm³/mol. The predicted octanol–water partition coefficient (Wildman–Crippen LogP) is 2.51. The molecule has 0 bridgehead atoms. The maximum atomic E-state index is 13.7. The minimum absolute atomic E-state index is 0.0487. The van der Waals surface area contributed by atoms with Crippen molar-refractivity contribution in [3.05, 3.63) is 51.2 Å². The number of aromatic amines is 1. The van der Waals surface area contributed by atoms with Gasteiger partial charge < -0.3 is 21.9 Å². The molecule has 2 aromatic heterocycles. The second-order valence-electron chi connectivity index (χ2n) is 5.60. The Hall–Kier alpha value is -3.22. The number of pyridine rings is 2. The van der Waals surface area contributed by atoms with Crippen LogP contribution >= 0.6 is 0 Å². The van der Waals surface area contributed by atoms with Crippen LogP contribution in [0.2, 0.25) is 0 Å². The second-order valence-corrected chi connectivity index (χ2v) is 5.60. The molecule has 0 spiro atoms. The van der Waals surface area contributed by atoms with E-state index in [1.807, 2.05) is 13.8 Å². The van der Waals surface area contributed by atoms with Crippen LogP contribution in [0.3, 0.4) is 0 Å². The maximum Gasteiger partial charge on any atom is 0.272 e. The second kappa shape index (κ2) is 5.45. The molecule has 0 saturated heterocycles. The summed E-state index contributed by atoms with van der Waals surface area (Å²) in [5, 5.41) is 7.56. The molecule has 6 nitrogen and oxygen atoms in total. The number of nitrogen functional groups attached to an aromatic ring is 2. The van der Waals surface area contributed by atoms with E-state index in [1.54, 1.807) is 6.07 Å². The largest absolute Gasteiger partial charge is 0.396 e. The van der Waals surface area contributed by atoms with Crippen molar-refractivity contribution in [2.45, 2.75) is 13.8 Å². The third kappa shape index (κ3) is 2.21. The van der Waals surface area contributed by atoms with Gasteiger partial charge in [-0.2, -0.15) is 0 Å². The molecule has 0 radical (unpaired) electrons. The first-order chi connectivity index (χ1) is 11.3. The van der Waals surface area contributed by atoms with Gasteiger partial charge in [-0.05, 0) is 37.1 Å². The molecule has 0 unspecified atom stereocenters. The number of nitrogens with zero attached hydrogens (tertiary/aromatic N) is 1. The fourth-order valence-electron chi connectivity index (χ4n) is 2.68. The Morgan fingerprint density at radius 1 is 1.25 bits per heavy atom. The molecule has 0 amide bonds. The van der Waals surface area contributed by atoms with Crippen molar-refractivity contribution in [3.8, 4) is 11.1 Å². The summed E-state index contributed by atoms with van der Waals surface area (Å²) >= 11 is 0. The Bertz CT molecular complexity index is 1060. The van der Waals surface area contributed by atoms with Gasteiger partial charge in [-0.25, -0.2) is 4.39 Å². The highest BCUT2D eigenvalue weighted by atomic mass is 19.1. The highest BCUT2D eigenvalue weighted by Gasteiger charge is 2.19. The van der Waals surface area contributed by atoms with Gasteiger partial charge in [0.05, 0.1) is 16.7 Å². The van der Waals surface area contributed by atoms with Crippen molar-refractivity contribution in [3.63, 3.8) is 0 Å². The van der Waals surface area contributed by atoms with Gasteiger partial charge in [0.1, 0.15) is 11.5 Å². The Morgan fingerprint density at radius 2 is 1.96 bits per heavy atom. The van der Waals surface area contributed by atoms with Gasteiger partial charge in [0.2, 0.25) is 0 Å². The molecule has 3 rings (SSSR count). The minimum atomic E-state index is -0.634. The minimum Gasteiger partial charge on any atom is -0.396 e. The molecule has 2 heterocycles. The number of aromatic nitrogens is 2. The van der Waals surface area contributed by atoms with E-state index in [2.05, 4.69) is 9.97 Å². The Morgan fingerprint density at radius 3 is 2.62 bits per heavy atom. The van der Waals surface area contributed by atoms with Gasteiger partial charge >= 0.3 is 0 Å². The smallest absolute Gasteiger partial charge is 0.272 e. The first-order valence-electron chi connectivity index (χ1n) is 7.23. The number of benzene rings is 1. The quantitative estimate of drug-likeness (QED) is 0.427. The molecule has 122 valence electrons. The zero-order valence-corrected chi connectivity index (χ0v) is 13.2. The van der Waals surface area contributed by atoms with Crippen LogP contribution in [0.15, 0.2) is 23.0 Å². The molecular formula is C17H16FN5O. The number of hydrogen-bond acceptors (Lipinski definition) is 5. The number of rotatable bonds is 2. The van der Waals surface area contributed by atoms with Crippen molar-refractivity contribution < 1.29 is 4.39 Å². The average molecular weight is 325 g/mol. The summed E-state index contributed by atoms with van der Waals surface area (Å²) in [4.78, 5) is 19.4. The van der Waals surface area contributed by atoms with E-state index in [0.29, 0.717) is 22.2 Å². The van der Waals surface area contributed by atoms with Crippen molar-refractivity contribution in [2.75, 3.05) is 11.5 Å². The van der Waals surface area contributed by atoms with Gasteiger partial charge in [0, 0.05) is 23.0 Å². The van der Waals surface area contributed by atoms with E-state index in [-0.39, 0.29) is 16.9 Å². The first kappa shape index (κ1) is 15.7. The van der Waals surface area contributed by atoms with Gasteiger partial charge in [-0.15, -0.1) is 0 Å². The topological polar surface area (TPSA) is 122 Å². The highest BCUT2D eigenvalue weighted by Crippen LogP contribution is 2.35. The van der Waals surface area contributed by atoms with Crippen LogP contribution < -0.4 is 17.0 Å². The number of H-pyrrole nitrogens is 1. The van der Waals surface area contributed by atoms with Gasteiger partial charge in [0.25, 0.3) is 5.56 Å². The lowest BCUT2D eigenvalue weighted by atomic mass is 9.96. The number of aryl methyl sites for hydroxylation is 2.